The maximum absolute atomic E-state index is 0. The van der Waals surface area contributed by atoms with Crippen LogP contribution in [0.25, 0.3) is 0 Å². The second kappa shape index (κ2) is 65.5. The van der Waals surface area contributed by atoms with E-state index in [0.29, 0.717) is 0 Å². The van der Waals surface area contributed by atoms with E-state index in [9.17, 15) is 0 Å². The standard InChI is InChI=1S/7Li.2Pb. The summed E-state index contributed by atoms with van der Waals surface area (Å²) in [6.45, 7) is 0. The summed E-state index contributed by atoms with van der Waals surface area (Å²) in [5, 5.41) is 0. The third-order valence-corrected chi connectivity index (χ3v) is 0. The van der Waals surface area contributed by atoms with Gasteiger partial charge in [0, 0.05) is 187 Å². The van der Waals surface area contributed by atoms with Crippen molar-refractivity contribution in [1.82, 2.24) is 0 Å². The Bertz CT molecular complexity index is 6.88. The van der Waals surface area contributed by atoms with Gasteiger partial charge in [0.05, 0.1) is 0 Å². The van der Waals surface area contributed by atoms with Gasteiger partial charge in [0.15, 0.2) is 0 Å². The number of hydrogen-bond acceptors (Lipinski definition) is 0. The predicted molar refractivity (Wildman–Crippen MR) is 51.8 cm³/mol. The molecule has 0 unspecified atom stereocenters. The fourth-order valence-corrected chi connectivity index (χ4v) is 0. The summed E-state index contributed by atoms with van der Waals surface area (Å²) in [5.74, 6) is 0. The summed E-state index contributed by atoms with van der Waals surface area (Å²) in [5.41, 5.74) is 0. The number of rotatable bonds is 0. The van der Waals surface area contributed by atoms with Crippen molar-refractivity contribution in [1.29, 1.82) is 0 Å². The first-order valence-electron chi connectivity index (χ1n) is 0. The van der Waals surface area contributed by atoms with Crippen molar-refractivity contribution >= 4 is 187 Å². The Labute approximate surface area is 182 Å². The van der Waals surface area contributed by atoms with Crippen LogP contribution < -0.4 is 0 Å². The van der Waals surface area contributed by atoms with Gasteiger partial charge < -0.3 is 0 Å². The smallest absolute Gasteiger partial charge is 0 e. The average molecular weight is 463 g/mol. The minimum atomic E-state index is 0. The summed E-state index contributed by atoms with van der Waals surface area (Å²) in [6.07, 6.45) is 0. The normalized spacial score (nSPS) is 0. The van der Waals surface area contributed by atoms with Crippen LogP contribution in [0.5, 0.6) is 0 Å². The molecule has 0 amide bonds. The van der Waals surface area contributed by atoms with E-state index in [4.69, 9.17) is 0 Å². The molecule has 0 aliphatic rings. The number of hydrogen-bond donors (Lipinski definition) is 0. The van der Waals surface area contributed by atoms with Crippen LogP contribution >= 0.6 is 0 Å². The zero-order valence-electron chi connectivity index (χ0n) is 8.00. The maximum Gasteiger partial charge on any atom is 0 e. The molecule has 9 heteroatoms. The molecule has 0 N–H and O–H groups in total. The SMILES string of the molecule is [Li].[Li].[Li].[Li].[Li].[Li].[Li].[Pb].[Pb]. The molecule has 0 aromatic carbocycles. The van der Waals surface area contributed by atoms with Gasteiger partial charge in [-0.15, -0.1) is 0 Å². The average Bonchev–Trinajstić information content (AvgIpc) is 0. The first-order chi connectivity index (χ1) is 0. The molecule has 0 fully saturated rings. The Kier molecular flexibility index (Phi) is 593. The van der Waals surface area contributed by atoms with Crippen LogP contribution in [0.3, 0.4) is 0 Å². The van der Waals surface area contributed by atoms with Crippen molar-refractivity contribution in [2.75, 3.05) is 0 Å². The monoisotopic (exact) mass is 465 g/mol. The summed E-state index contributed by atoms with van der Waals surface area (Å²) in [6, 6.07) is 0. The summed E-state index contributed by atoms with van der Waals surface area (Å²) in [7, 11) is 0. The maximum atomic E-state index is 0. The molecule has 0 bridgehead atoms. The molecule has 0 aromatic heterocycles. The third kappa shape index (κ3) is 55.9. The van der Waals surface area contributed by atoms with Crippen molar-refractivity contribution in [2.24, 2.45) is 0 Å². The van der Waals surface area contributed by atoms with Crippen molar-refractivity contribution in [3.63, 3.8) is 0 Å². The molecule has 0 spiro atoms. The molecular formula is Li7Pb2. The van der Waals surface area contributed by atoms with Crippen molar-refractivity contribution in [2.45, 2.75) is 0 Å². The van der Waals surface area contributed by atoms with Crippen molar-refractivity contribution in [3.8, 4) is 0 Å². The van der Waals surface area contributed by atoms with Crippen LogP contribution in [-0.2, 0) is 0 Å². The van der Waals surface area contributed by atoms with E-state index in [1.54, 1.807) is 0 Å². The quantitative estimate of drug-likeness (QED) is 0.329. The van der Waals surface area contributed by atoms with Gasteiger partial charge in [-0.2, -0.15) is 0 Å². The van der Waals surface area contributed by atoms with E-state index in [0.717, 1.165) is 0 Å². The van der Waals surface area contributed by atoms with Crippen LogP contribution in [0, 0.1) is 0 Å². The fourth-order valence-electron chi connectivity index (χ4n) is 0. The van der Waals surface area contributed by atoms with E-state index in [-0.39, 0.29) is 187 Å². The minimum absolute atomic E-state index is 0. The van der Waals surface area contributed by atoms with Gasteiger partial charge in [-0.1, -0.05) is 0 Å². The van der Waals surface area contributed by atoms with Gasteiger partial charge in [0.1, 0.15) is 0 Å². The van der Waals surface area contributed by atoms with Crippen LogP contribution in [0.1, 0.15) is 0 Å². The zero-order valence-corrected chi connectivity index (χ0v) is 15.8. The first kappa shape index (κ1) is 81.4. The van der Waals surface area contributed by atoms with Crippen molar-refractivity contribution in [3.05, 3.63) is 0 Å². The largest absolute Gasteiger partial charge is 0 e. The summed E-state index contributed by atoms with van der Waals surface area (Å²) in [4.78, 5) is 0. The fraction of sp³-hybridized carbons (Fsp3) is 0. The minimum Gasteiger partial charge on any atom is 0 e. The van der Waals surface area contributed by atoms with Gasteiger partial charge in [0.25, 0.3) is 0 Å². The second-order valence-electron chi connectivity index (χ2n) is 0. The summed E-state index contributed by atoms with van der Waals surface area (Å²) < 4.78 is 0. The topological polar surface area (TPSA) is 0 Å². The molecule has 0 aliphatic carbocycles. The van der Waals surface area contributed by atoms with Crippen LogP contribution in [0.15, 0.2) is 0 Å². The van der Waals surface area contributed by atoms with Gasteiger partial charge in [-0.3, -0.25) is 0 Å². The van der Waals surface area contributed by atoms with Gasteiger partial charge >= 0.3 is 0 Å². The van der Waals surface area contributed by atoms with Gasteiger partial charge in [-0.25, -0.2) is 0 Å². The molecule has 0 saturated carbocycles. The van der Waals surface area contributed by atoms with E-state index in [2.05, 4.69) is 0 Å². The molecule has 9 heavy (non-hydrogen) atoms. The molecule has 15 radical (unpaired) electrons. The molecular weight excluding hydrogens is 463 g/mol. The molecule has 0 aliphatic heterocycles. The van der Waals surface area contributed by atoms with Crippen LogP contribution in [0.4, 0.5) is 0 Å². The Morgan fingerprint density at radius 1 is 0.222 bits per heavy atom. The Hall–Kier alpha value is 6.03. The van der Waals surface area contributed by atoms with E-state index < -0.39 is 0 Å². The molecule has 15 valence electrons. The first-order valence-corrected chi connectivity index (χ1v) is 0. The molecule has 0 atom stereocenters. The third-order valence-electron chi connectivity index (χ3n) is 0. The van der Waals surface area contributed by atoms with E-state index >= 15 is 0 Å². The molecule has 0 heterocycles. The molecule has 0 nitrogen and oxygen atoms in total. The molecule has 0 rings (SSSR count). The molecule has 0 saturated heterocycles. The predicted octanol–water partition coefficient (Wildman–Crippen LogP) is -3.43. The summed E-state index contributed by atoms with van der Waals surface area (Å²) >= 11 is 0. The zero-order chi connectivity index (χ0) is 0. The van der Waals surface area contributed by atoms with E-state index in [1.165, 1.54) is 0 Å². The van der Waals surface area contributed by atoms with Gasteiger partial charge in [0.2, 0.25) is 0 Å². The Balaban J connectivity index is 0. The Morgan fingerprint density at radius 2 is 0.222 bits per heavy atom. The van der Waals surface area contributed by atoms with Gasteiger partial charge in [-0.05, 0) is 0 Å². The Morgan fingerprint density at radius 3 is 0.222 bits per heavy atom. The van der Waals surface area contributed by atoms with E-state index in [1.807, 2.05) is 0 Å². The second-order valence-corrected chi connectivity index (χ2v) is 0. The van der Waals surface area contributed by atoms with Crippen LogP contribution in [0.2, 0.25) is 0 Å². The van der Waals surface area contributed by atoms with Crippen molar-refractivity contribution < 1.29 is 0 Å². The van der Waals surface area contributed by atoms with Crippen LogP contribution in [-0.4, -0.2) is 187 Å². The molecule has 0 aromatic rings.